The molecule has 3 atom stereocenters. The second-order valence-electron chi connectivity index (χ2n) is 5.02. The number of hydrogen-bond acceptors (Lipinski definition) is 2. The van der Waals surface area contributed by atoms with Crippen molar-refractivity contribution in [3.8, 4) is 0 Å². The maximum Gasteiger partial charge on any atom is 0.240 e. The molecule has 1 saturated heterocycles. The molecule has 2 aliphatic rings. The summed E-state index contributed by atoms with van der Waals surface area (Å²) < 4.78 is 0. The Morgan fingerprint density at radius 1 is 1.46 bits per heavy atom. The lowest BCUT2D eigenvalue weighted by molar-refractivity contribution is -0.130. The molecule has 0 radical (unpaired) electrons. The summed E-state index contributed by atoms with van der Waals surface area (Å²) in [5.41, 5.74) is 0.343. The van der Waals surface area contributed by atoms with Crippen LogP contribution < -0.4 is 5.32 Å². The number of hydrogen-bond donors (Lipinski definition) is 1. The summed E-state index contributed by atoms with van der Waals surface area (Å²) in [6.07, 6.45) is 1.37. The third-order valence-electron chi connectivity index (χ3n) is 3.33. The van der Waals surface area contributed by atoms with Gasteiger partial charge in [0.1, 0.15) is 0 Å². The van der Waals surface area contributed by atoms with Crippen molar-refractivity contribution in [1.82, 2.24) is 10.2 Å². The molecule has 3 unspecified atom stereocenters. The molecule has 1 N–H and O–H groups in total. The van der Waals surface area contributed by atoms with Crippen LogP contribution in [0.3, 0.4) is 0 Å². The van der Waals surface area contributed by atoms with Gasteiger partial charge < -0.3 is 4.90 Å². The van der Waals surface area contributed by atoms with Gasteiger partial charge in [-0.15, -0.1) is 0 Å². The third-order valence-corrected chi connectivity index (χ3v) is 3.33. The van der Waals surface area contributed by atoms with Crippen molar-refractivity contribution in [2.24, 2.45) is 5.41 Å². The Morgan fingerprint density at radius 2 is 2.00 bits per heavy atom. The molecule has 0 aromatic carbocycles. The molecule has 0 aromatic rings. The molecular formula is C10H18N2O. The van der Waals surface area contributed by atoms with Gasteiger partial charge in [0.2, 0.25) is 5.91 Å². The van der Waals surface area contributed by atoms with E-state index >= 15 is 0 Å². The van der Waals surface area contributed by atoms with E-state index in [1.54, 1.807) is 0 Å². The molecule has 74 valence electrons. The standard InChI is InChI=1S/C10H18N2O/c1-6-9(13)12(7(2)11-6)8-5-10(8,3)4/h6-8,11H,5H2,1-4H3. The summed E-state index contributed by atoms with van der Waals surface area (Å²) >= 11 is 0. The van der Waals surface area contributed by atoms with Crippen LogP contribution in [-0.2, 0) is 4.79 Å². The van der Waals surface area contributed by atoms with Gasteiger partial charge in [-0.1, -0.05) is 13.8 Å². The molecule has 1 aliphatic carbocycles. The lowest BCUT2D eigenvalue weighted by Gasteiger charge is -2.22. The highest BCUT2D eigenvalue weighted by molar-refractivity contribution is 5.84. The Bertz CT molecular complexity index is 249. The van der Waals surface area contributed by atoms with E-state index in [2.05, 4.69) is 26.1 Å². The Morgan fingerprint density at radius 3 is 2.31 bits per heavy atom. The second kappa shape index (κ2) is 2.47. The second-order valence-corrected chi connectivity index (χ2v) is 5.02. The molecular weight excluding hydrogens is 164 g/mol. The van der Waals surface area contributed by atoms with Gasteiger partial charge in [-0.05, 0) is 25.7 Å². The van der Waals surface area contributed by atoms with Crippen molar-refractivity contribution in [3.05, 3.63) is 0 Å². The SMILES string of the molecule is CC1NC(C)N(C2CC2(C)C)C1=O. The quantitative estimate of drug-likeness (QED) is 0.655. The fourth-order valence-corrected chi connectivity index (χ4v) is 2.27. The van der Waals surface area contributed by atoms with Gasteiger partial charge in [0.25, 0.3) is 0 Å². The summed E-state index contributed by atoms with van der Waals surface area (Å²) in [5, 5.41) is 3.25. The summed E-state index contributed by atoms with van der Waals surface area (Å²) in [5.74, 6) is 0.267. The molecule has 2 rings (SSSR count). The zero-order chi connectivity index (χ0) is 9.80. The first-order valence-corrected chi connectivity index (χ1v) is 5.02. The van der Waals surface area contributed by atoms with Crippen LogP contribution in [0.2, 0.25) is 0 Å². The smallest absolute Gasteiger partial charge is 0.240 e. The number of nitrogens with one attached hydrogen (secondary N) is 1. The van der Waals surface area contributed by atoms with Gasteiger partial charge in [0.15, 0.2) is 0 Å². The minimum atomic E-state index is 0.00593. The fraction of sp³-hybridized carbons (Fsp3) is 0.900. The van der Waals surface area contributed by atoms with Crippen molar-refractivity contribution in [1.29, 1.82) is 0 Å². The van der Waals surface area contributed by atoms with Gasteiger partial charge in [-0.25, -0.2) is 0 Å². The number of rotatable bonds is 1. The number of carbonyl (C=O) groups is 1. The van der Waals surface area contributed by atoms with E-state index in [9.17, 15) is 4.79 Å². The van der Waals surface area contributed by atoms with E-state index in [1.807, 2.05) is 11.8 Å². The Balaban J connectivity index is 2.12. The van der Waals surface area contributed by atoms with Crippen LogP contribution in [0.1, 0.15) is 34.1 Å². The molecule has 1 saturated carbocycles. The number of nitrogens with zero attached hydrogens (tertiary/aromatic N) is 1. The predicted octanol–water partition coefficient (Wildman–Crippen LogP) is 0.951. The number of carbonyl (C=O) groups excluding carboxylic acids is 1. The summed E-state index contributed by atoms with van der Waals surface area (Å²) in [4.78, 5) is 13.8. The zero-order valence-electron chi connectivity index (χ0n) is 8.79. The Labute approximate surface area is 79.5 Å². The number of amides is 1. The van der Waals surface area contributed by atoms with Crippen LogP contribution in [0.15, 0.2) is 0 Å². The normalized spacial score (nSPS) is 42.6. The van der Waals surface area contributed by atoms with Gasteiger partial charge in [0, 0.05) is 6.04 Å². The van der Waals surface area contributed by atoms with Gasteiger partial charge in [0.05, 0.1) is 12.2 Å². The minimum Gasteiger partial charge on any atom is -0.323 e. The van der Waals surface area contributed by atoms with E-state index in [1.165, 1.54) is 0 Å². The fourth-order valence-electron chi connectivity index (χ4n) is 2.27. The summed E-state index contributed by atoms with van der Waals surface area (Å²) in [7, 11) is 0. The lowest BCUT2D eigenvalue weighted by atomic mass is 10.2. The van der Waals surface area contributed by atoms with Gasteiger partial charge >= 0.3 is 0 Å². The molecule has 0 aromatic heterocycles. The molecule has 0 spiro atoms. The van der Waals surface area contributed by atoms with Crippen molar-refractivity contribution < 1.29 is 4.79 Å². The summed E-state index contributed by atoms with van der Waals surface area (Å²) in [6.45, 7) is 8.45. The van der Waals surface area contributed by atoms with Crippen LogP contribution in [0.25, 0.3) is 0 Å². The monoisotopic (exact) mass is 182 g/mol. The van der Waals surface area contributed by atoms with Crippen LogP contribution in [0.5, 0.6) is 0 Å². The minimum absolute atomic E-state index is 0.00593. The van der Waals surface area contributed by atoms with E-state index in [-0.39, 0.29) is 18.1 Å². The van der Waals surface area contributed by atoms with Crippen LogP contribution in [0, 0.1) is 5.41 Å². The molecule has 1 amide bonds. The summed E-state index contributed by atoms with van der Waals surface area (Å²) in [6, 6.07) is 0.471. The molecule has 2 fully saturated rings. The molecule has 1 aliphatic heterocycles. The van der Waals surface area contributed by atoms with Gasteiger partial charge in [-0.2, -0.15) is 0 Å². The molecule has 0 bridgehead atoms. The predicted molar refractivity (Wildman–Crippen MR) is 51.1 cm³/mol. The van der Waals surface area contributed by atoms with Crippen LogP contribution >= 0.6 is 0 Å². The van der Waals surface area contributed by atoms with Gasteiger partial charge in [-0.3, -0.25) is 10.1 Å². The molecule has 3 nitrogen and oxygen atoms in total. The van der Waals surface area contributed by atoms with E-state index in [4.69, 9.17) is 0 Å². The van der Waals surface area contributed by atoms with Crippen molar-refractivity contribution in [2.75, 3.05) is 0 Å². The topological polar surface area (TPSA) is 32.3 Å². The Hall–Kier alpha value is -0.570. The molecule has 1 heterocycles. The van der Waals surface area contributed by atoms with Crippen LogP contribution in [-0.4, -0.2) is 29.1 Å². The molecule has 13 heavy (non-hydrogen) atoms. The average molecular weight is 182 g/mol. The van der Waals surface area contributed by atoms with E-state index < -0.39 is 0 Å². The van der Waals surface area contributed by atoms with Crippen LogP contribution in [0.4, 0.5) is 0 Å². The highest BCUT2D eigenvalue weighted by atomic mass is 16.2. The van der Waals surface area contributed by atoms with Crippen molar-refractivity contribution in [2.45, 2.75) is 52.4 Å². The highest BCUT2D eigenvalue weighted by Gasteiger charge is 2.54. The maximum atomic E-state index is 11.7. The Kier molecular flexibility index (Phi) is 1.71. The average Bonchev–Trinajstić information content (AvgIpc) is 2.51. The lowest BCUT2D eigenvalue weighted by Crippen LogP contribution is -2.38. The molecule has 3 heteroatoms. The maximum absolute atomic E-state index is 11.7. The van der Waals surface area contributed by atoms with E-state index in [0.29, 0.717) is 11.5 Å². The third kappa shape index (κ3) is 1.26. The first-order valence-electron chi connectivity index (χ1n) is 5.02. The van der Waals surface area contributed by atoms with E-state index in [0.717, 1.165) is 6.42 Å². The first-order chi connectivity index (χ1) is 5.93. The first kappa shape index (κ1) is 9.00. The zero-order valence-corrected chi connectivity index (χ0v) is 8.79. The van der Waals surface area contributed by atoms with Crippen molar-refractivity contribution >= 4 is 5.91 Å². The van der Waals surface area contributed by atoms with Crippen molar-refractivity contribution in [3.63, 3.8) is 0 Å². The largest absolute Gasteiger partial charge is 0.323 e. The highest BCUT2D eigenvalue weighted by Crippen LogP contribution is 2.49.